The largest absolute Gasteiger partial charge is 0.468 e. The van der Waals surface area contributed by atoms with Gasteiger partial charge in [-0.1, -0.05) is 11.6 Å². The molecule has 0 bridgehead atoms. The van der Waals surface area contributed by atoms with E-state index in [4.69, 9.17) is 17.3 Å². The summed E-state index contributed by atoms with van der Waals surface area (Å²) in [5.41, 5.74) is 4.85. The van der Waals surface area contributed by atoms with Crippen LogP contribution in [0.2, 0.25) is 5.02 Å². The number of halogens is 1. The van der Waals surface area contributed by atoms with Gasteiger partial charge >= 0.3 is 5.97 Å². The minimum absolute atomic E-state index is 0.0263. The second-order valence-electron chi connectivity index (χ2n) is 4.10. The van der Waals surface area contributed by atoms with Crippen LogP contribution in [0.3, 0.4) is 0 Å². The SMILES string of the molecule is COC(=O)C(C)(N)CC(C)n1cc(Cl)cn1. The van der Waals surface area contributed by atoms with Crippen molar-refractivity contribution in [2.75, 3.05) is 7.11 Å². The van der Waals surface area contributed by atoms with Gasteiger partial charge in [-0.2, -0.15) is 5.10 Å². The number of hydrogen-bond acceptors (Lipinski definition) is 4. The Morgan fingerprint density at radius 2 is 2.44 bits per heavy atom. The molecule has 0 aliphatic carbocycles. The summed E-state index contributed by atoms with van der Waals surface area (Å²) in [4.78, 5) is 11.4. The van der Waals surface area contributed by atoms with Crippen LogP contribution in [0.1, 0.15) is 26.3 Å². The van der Waals surface area contributed by atoms with Crippen LogP contribution in [-0.2, 0) is 9.53 Å². The fourth-order valence-electron chi connectivity index (χ4n) is 1.58. The molecule has 0 fully saturated rings. The van der Waals surface area contributed by atoms with Gasteiger partial charge in [-0.15, -0.1) is 0 Å². The predicted molar refractivity (Wildman–Crippen MR) is 61.2 cm³/mol. The number of hydrogen-bond donors (Lipinski definition) is 1. The summed E-state index contributed by atoms with van der Waals surface area (Å²) < 4.78 is 6.31. The zero-order valence-electron chi connectivity index (χ0n) is 9.61. The van der Waals surface area contributed by atoms with Gasteiger partial charge in [0.2, 0.25) is 0 Å². The minimum atomic E-state index is -1.02. The van der Waals surface area contributed by atoms with Gasteiger partial charge in [-0.3, -0.25) is 9.48 Å². The summed E-state index contributed by atoms with van der Waals surface area (Å²) in [6, 6.07) is -0.0263. The van der Waals surface area contributed by atoms with Gasteiger partial charge in [0.05, 0.1) is 24.4 Å². The van der Waals surface area contributed by atoms with Crippen LogP contribution in [-0.4, -0.2) is 28.4 Å². The molecule has 90 valence electrons. The zero-order chi connectivity index (χ0) is 12.3. The summed E-state index contributed by atoms with van der Waals surface area (Å²) in [6.45, 7) is 3.55. The van der Waals surface area contributed by atoms with E-state index in [0.29, 0.717) is 11.4 Å². The van der Waals surface area contributed by atoms with Crippen molar-refractivity contribution in [3.8, 4) is 0 Å². The molecule has 2 unspecified atom stereocenters. The highest BCUT2D eigenvalue weighted by Gasteiger charge is 2.32. The quantitative estimate of drug-likeness (QED) is 0.814. The molecule has 0 amide bonds. The molecule has 2 N–H and O–H groups in total. The minimum Gasteiger partial charge on any atom is -0.468 e. The average Bonchev–Trinajstić information content (AvgIpc) is 2.63. The van der Waals surface area contributed by atoms with Crippen molar-refractivity contribution in [3.05, 3.63) is 17.4 Å². The van der Waals surface area contributed by atoms with Crippen LogP contribution in [0, 0.1) is 0 Å². The van der Waals surface area contributed by atoms with E-state index in [9.17, 15) is 4.79 Å². The van der Waals surface area contributed by atoms with Gasteiger partial charge in [0, 0.05) is 6.20 Å². The fourth-order valence-corrected chi connectivity index (χ4v) is 1.72. The van der Waals surface area contributed by atoms with Crippen molar-refractivity contribution in [3.63, 3.8) is 0 Å². The number of rotatable bonds is 4. The summed E-state index contributed by atoms with van der Waals surface area (Å²) in [5, 5.41) is 4.62. The van der Waals surface area contributed by atoms with Crippen LogP contribution in [0.4, 0.5) is 0 Å². The number of carbonyl (C=O) groups excluding carboxylic acids is 1. The van der Waals surface area contributed by atoms with Gasteiger partial charge in [0.15, 0.2) is 0 Å². The topological polar surface area (TPSA) is 70.1 Å². The monoisotopic (exact) mass is 245 g/mol. The predicted octanol–water partition coefficient (Wildman–Crippen LogP) is 1.38. The molecule has 0 aromatic carbocycles. The number of nitrogens with zero attached hydrogens (tertiary/aromatic N) is 2. The molecule has 0 aliphatic heterocycles. The summed E-state index contributed by atoms with van der Waals surface area (Å²) in [7, 11) is 1.32. The molecule has 0 saturated heterocycles. The number of ether oxygens (including phenoxy) is 1. The maximum absolute atomic E-state index is 11.4. The van der Waals surface area contributed by atoms with Crippen molar-refractivity contribution in [1.29, 1.82) is 0 Å². The molecule has 1 heterocycles. The molecule has 0 saturated carbocycles. The van der Waals surface area contributed by atoms with Gasteiger partial charge < -0.3 is 10.5 Å². The molecule has 1 aromatic heterocycles. The van der Waals surface area contributed by atoms with Crippen LogP contribution in [0.15, 0.2) is 12.4 Å². The van der Waals surface area contributed by atoms with Crippen molar-refractivity contribution in [2.45, 2.75) is 31.8 Å². The zero-order valence-corrected chi connectivity index (χ0v) is 10.4. The Labute approximate surface area is 99.5 Å². The maximum Gasteiger partial charge on any atom is 0.325 e. The first kappa shape index (κ1) is 13.0. The smallest absolute Gasteiger partial charge is 0.325 e. The lowest BCUT2D eigenvalue weighted by atomic mass is 9.95. The first-order valence-corrected chi connectivity index (χ1v) is 5.31. The van der Waals surface area contributed by atoms with E-state index in [0.717, 1.165) is 0 Å². The lowest BCUT2D eigenvalue weighted by molar-refractivity contribution is -0.147. The number of nitrogens with two attached hydrogens (primary N) is 1. The van der Waals surface area contributed by atoms with Crippen LogP contribution >= 0.6 is 11.6 Å². The van der Waals surface area contributed by atoms with E-state index in [-0.39, 0.29) is 6.04 Å². The molecule has 0 spiro atoms. The summed E-state index contributed by atoms with van der Waals surface area (Å²) in [6.07, 6.45) is 3.67. The Morgan fingerprint density at radius 1 is 1.81 bits per heavy atom. The molecule has 16 heavy (non-hydrogen) atoms. The Bertz CT molecular complexity index is 376. The second-order valence-corrected chi connectivity index (χ2v) is 4.54. The molecule has 6 heteroatoms. The van der Waals surface area contributed by atoms with E-state index in [1.165, 1.54) is 7.11 Å². The first-order chi connectivity index (χ1) is 7.36. The van der Waals surface area contributed by atoms with Crippen molar-refractivity contribution in [1.82, 2.24) is 9.78 Å². The van der Waals surface area contributed by atoms with E-state index >= 15 is 0 Å². The van der Waals surface area contributed by atoms with Gasteiger partial charge in [-0.05, 0) is 20.3 Å². The lowest BCUT2D eigenvalue weighted by Crippen LogP contribution is -2.47. The number of esters is 1. The third-order valence-electron chi connectivity index (χ3n) is 2.39. The van der Waals surface area contributed by atoms with E-state index in [1.54, 1.807) is 24.0 Å². The highest BCUT2D eigenvalue weighted by atomic mass is 35.5. The molecule has 0 aliphatic rings. The lowest BCUT2D eigenvalue weighted by Gasteiger charge is -2.25. The normalized spacial score (nSPS) is 16.6. The van der Waals surface area contributed by atoms with Crippen LogP contribution in [0.25, 0.3) is 0 Å². The number of aromatic nitrogens is 2. The average molecular weight is 246 g/mol. The summed E-state index contributed by atoms with van der Waals surface area (Å²) in [5.74, 6) is -0.433. The van der Waals surface area contributed by atoms with Gasteiger partial charge in [-0.25, -0.2) is 0 Å². The van der Waals surface area contributed by atoms with Crippen molar-refractivity contribution in [2.24, 2.45) is 5.73 Å². The standard InChI is InChI=1S/C10H16ClN3O2/c1-7(14-6-8(11)5-13-14)4-10(2,12)9(15)16-3/h5-7H,4,12H2,1-3H3. The molecule has 1 rings (SSSR count). The number of carbonyl (C=O) groups is 1. The maximum atomic E-state index is 11.4. The molecular formula is C10H16ClN3O2. The fraction of sp³-hybridized carbons (Fsp3) is 0.600. The van der Waals surface area contributed by atoms with Crippen molar-refractivity contribution < 1.29 is 9.53 Å². The van der Waals surface area contributed by atoms with E-state index < -0.39 is 11.5 Å². The third-order valence-corrected chi connectivity index (χ3v) is 2.59. The Hall–Kier alpha value is -1.07. The van der Waals surface area contributed by atoms with E-state index in [2.05, 4.69) is 9.84 Å². The van der Waals surface area contributed by atoms with Crippen LogP contribution < -0.4 is 5.73 Å². The molecular weight excluding hydrogens is 230 g/mol. The Balaban J connectivity index is 2.70. The molecule has 1 aromatic rings. The Kier molecular flexibility index (Phi) is 3.93. The summed E-state index contributed by atoms with van der Waals surface area (Å²) >= 11 is 5.76. The molecule has 0 radical (unpaired) electrons. The first-order valence-electron chi connectivity index (χ1n) is 4.94. The highest BCUT2D eigenvalue weighted by Crippen LogP contribution is 2.20. The highest BCUT2D eigenvalue weighted by molar-refractivity contribution is 6.30. The second kappa shape index (κ2) is 4.84. The third kappa shape index (κ3) is 2.96. The van der Waals surface area contributed by atoms with Gasteiger partial charge in [0.25, 0.3) is 0 Å². The van der Waals surface area contributed by atoms with Gasteiger partial charge in [0.1, 0.15) is 5.54 Å². The molecule has 2 atom stereocenters. The molecule has 5 nitrogen and oxygen atoms in total. The van der Waals surface area contributed by atoms with Crippen LogP contribution in [0.5, 0.6) is 0 Å². The number of methoxy groups -OCH3 is 1. The van der Waals surface area contributed by atoms with E-state index in [1.807, 2.05) is 6.92 Å². The Morgan fingerprint density at radius 3 is 2.88 bits per heavy atom. The van der Waals surface area contributed by atoms with Crippen molar-refractivity contribution >= 4 is 17.6 Å².